The van der Waals surface area contributed by atoms with E-state index in [2.05, 4.69) is 31.1 Å². The molecule has 5 rings (SSSR count). The number of carboxylic acids is 8. The second kappa shape index (κ2) is 40.0. The number of hydrogen-bond acceptors (Lipinski definition) is 22. The molecular weight excluding hydrogens is 1210 g/mol. The normalized spacial score (nSPS) is 17.7. The van der Waals surface area contributed by atoms with Crippen molar-refractivity contribution in [3.63, 3.8) is 0 Å². The van der Waals surface area contributed by atoms with Crippen molar-refractivity contribution >= 4 is 83.2 Å². The Kier molecular flexibility index (Phi) is 32.4. The van der Waals surface area contributed by atoms with Crippen LogP contribution in [0.1, 0.15) is 95.5 Å². The number of nitrogens with one attached hydrogen (secondary N) is 4. The minimum absolute atomic E-state index is 0.0387. The number of carbonyl (C=O) groups is 10. The summed E-state index contributed by atoms with van der Waals surface area (Å²) in [4.78, 5) is 148. The molecule has 3 amide bonds. The number of urea groups is 1. The second-order valence-electron chi connectivity index (χ2n) is 23.5. The van der Waals surface area contributed by atoms with Crippen molar-refractivity contribution in [3.8, 4) is 0 Å². The van der Waals surface area contributed by atoms with E-state index in [1.807, 2.05) is 34.1 Å². The summed E-state index contributed by atoms with van der Waals surface area (Å²) >= 11 is 0. The molecule has 1 unspecified atom stereocenters. The molecule has 3 saturated heterocycles. The number of aromatic nitrogens is 3. The Morgan fingerprint density at radius 2 is 0.891 bits per heavy atom. The summed E-state index contributed by atoms with van der Waals surface area (Å²) in [6.07, 6.45) is 8.74. The van der Waals surface area contributed by atoms with E-state index in [0.717, 1.165) is 76.6 Å². The Morgan fingerprint density at radius 3 is 1.39 bits per heavy atom. The van der Waals surface area contributed by atoms with E-state index in [0.29, 0.717) is 95.0 Å². The molecule has 3 fully saturated rings. The molecule has 0 bridgehead atoms. The van der Waals surface area contributed by atoms with E-state index in [4.69, 9.17) is 20.1 Å². The Labute approximate surface area is 534 Å². The molecule has 1 aromatic heterocycles. The number of piperazine rings is 2. The highest BCUT2D eigenvalue weighted by atomic mass is 16.4. The lowest BCUT2D eigenvalue weighted by molar-refractivity contribution is -0.142. The SMILES string of the molecule is O=C(O)CC[C@H](NC(=O)N[C@@H](CCCCNC(=O)CCCCCCCCCCN1CCN(c2nc(Nc3ccc(CC4CN(CC(=O)O)CCN(CC(=O)O)CCN(CC(=O)O)CCN4CC(=O)O)cc3)nc(N3CCN(CC(=O)O)CC3)n2)CC1)C(=O)O)C(=O)O. The number of carboxylic acid groups (broad SMARTS) is 8. The highest BCUT2D eigenvalue weighted by Crippen LogP contribution is 2.24. The van der Waals surface area contributed by atoms with Crippen LogP contribution in [0, 0.1) is 0 Å². The number of anilines is 4. The molecule has 3 aliphatic rings. The first-order chi connectivity index (χ1) is 44.0. The highest BCUT2D eigenvalue weighted by Gasteiger charge is 2.30. The van der Waals surface area contributed by atoms with Crippen molar-refractivity contribution in [2.24, 2.45) is 0 Å². The van der Waals surface area contributed by atoms with Crippen LogP contribution in [0.5, 0.6) is 0 Å². The van der Waals surface area contributed by atoms with Crippen LogP contribution >= 0.6 is 0 Å². The van der Waals surface area contributed by atoms with Crippen molar-refractivity contribution in [2.45, 2.75) is 114 Å². The third-order valence-electron chi connectivity index (χ3n) is 16.3. The molecule has 92 heavy (non-hydrogen) atoms. The van der Waals surface area contributed by atoms with E-state index >= 15 is 0 Å². The molecule has 0 saturated carbocycles. The van der Waals surface area contributed by atoms with Gasteiger partial charge in [0.2, 0.25) is 23.8 Å². The first-order valence-corrected chi connectivity index (χ1v) is 31.6. The number of benzene rings is 1. The van der Waals surface area contributed by atoms with Crippen LogP contribution in [0.2, 0.25) is 0 Å². The van der Waals surface area contributed by atoms with Gasteiger partial charge in [-0.2, -0.15) is 15.0 Å². The minimum atomic E-state index is -1.50. The number of unbranched alkanes of at least 4 members (excludes halogenated alkanes) is 8. The number of rotatable bonds is 39. The molecule has 2 aromatic rings. The Bertz CT molecular complexity index is 2720. The predicted octanol–water partition coefficient (Wildman–Crippen LogP) is 0.283. The van der Waals surface area contributed by atoms with Gasteiger partial charge in [0.1, 0.15) is 12.1 Å². The zero-order valence-electron chi connectivity index (χ0n) is 52.3. The van der Waals surface area contributed by atoms with Gasteiger partial charge in [0.05, 0.1) is 32.7 Å². The Balaban J connectivity index is 1.08. The molecule has 1 aromatic carbocycles. The summed E-state index contributed by atoms with van der Waals surface area (Å²) in [6.45, 7) is 5.92. The molecule has 0 radical (unpaired) electrons. The van der Waals surface area contributed by atoms with Crippen molar-refractivity contribution in [3.05, 3.63) is 29.8 Å². The van der Waals surface area contributed by atoms with Crippen molar-refractivity contribution in [1.82, 2.24) is 60.3 Å². The summed E-state index contributed by atoms with van der Waals surface area (Å²) < 4.78 is 0. The third kappa shape index (κ3) is 29.4. The van der Waals surface area contributed by atoms with Crippen LogP contribution in [0.4, 0.5) is 28.3 Å². The van der Waals surface area contributed by atoms with E-state index in [-0.39, 0.29) is 90.7 Å². The number of amides is 3. The lowest BCUT2D eigenvalue weighted by Crippen LogP contribution is -2.53. The standard InChI is InChI=1S/C59H93N15O18/c75-47(60-19-9-8-11-45(54(88)89)62-59(92)63-46(55(90)91)17-18-48(76)77)12-7-5-3-1-2-4-6-10-20-67-25-30-72(31-26-67)57-64-56(65-58(66-57)73-32-27-70(28-33-73)39-51(82)83)61-43-15-13-42(14-16-43)35-44-36-71(40-52(84)85)24-23-68(37-49(78)79)21-22-69(38-50(80)81)29-34-74(44)41-53(86)87/h13-16,44-46H,1-12,17-41H2,(H,60,75)(H,76,77)(H,78,79)(H,80,81)(H,82,83)(H,84,85)(H,86,87)(H,88,89)(H,90,91)(H2,62,63,92)(H,61,64,65,66)/t44?,45-,46-/m0/s1. The monoisotopic (exact) mass is 1300 g/mol. The molecule has 512 valence electrons. The highest BCUT2D eigenvalue weighted by molar-refractivity contribution is 5.86. The smallest absolute Gasteiger partial charge is 0.326 e. The topological polar surface area (TPSA) is 445 Å². The van der Waals surface area contributed by atoms with Crippen LogP contribution in [0.25, 0.3) is 0 Å². The molecule has 33 nitrogen and oxygen atoms in total. The van der Waals surface area contributed by atoms with Gasteiger partial charge in [-0.1, -0.05) is 50.7 Å². The molecule has 0 aliphatic carbocycles. The first kappa shape index (κ1) is 74.6. The maximum atomic E-state index is 12.4. The van der Waals surface area contributed by atoms with Crippen LogP contribution < -0.4 is 31.1 Å². The number of aliphatic carboxylic acids is 8. The summed E-state index contributed by atoms with van der Waals surface area (Å²) in [5, 5.41) is 86.7. The van der Waals surface area contributed by atoms with Gasteiger partial charge in [-0.15, -0.1) is 0 Å². The fourth-order valence-electron chi connectivity index (χ4n) is 11.3. The Morgan fingerprint density at radius 1 is 0.446 bits per heavy atom. The molecule has 3 atom stereocenters. The van der Waals surface area contributed by atoms with Crippen LogP contribution in [0.15, 0.2) is 24.3 Å². The van der Waals surface area contributed by atoms with Gasteiger partial charge in [0.15, 0.2) is 0 Å². The third-order valence-corrected chi connectivity index (χ3v) is 16.3. The van der Waals surface area contributed by atoms with E-state index in [1.54, 1.807) is 19.6 Å². The lowest BCUT2D eigenvalue weighted by atomic mass is 10.0. The van der Waals surface area contributed by atoms with Gasteiger partial charge in [0, 0.05) is 129 Å². The van der Waals surface area contributed by atoms with Crippen molar-refractivity contribution < 1.29 is 88.8 Å². The number of hydrogen-bond donors (Lipinski definition) is 12. The number of nitrogens with zero attached hydrogens (tertiary/aromatic N) is 11. The maximum absolute atomic E-state index is 12.4. The summed E-state index contributed by atoms with van der Waals surface area (Å²) in [5.41, 5.74) is 1.44. The maximum Gasteiger partial charge on any atom is 0.326 e. The van der Waals surface area contributed by atoms with Gasteiger partial charge >= 0.3 is 53.8 Å². The molecular formula is C59H93N15O18. The molecule has 12 N–H and O–H groups in total. The minimum Gasteiger partial charge on any atom is -0.481 e. The zero-order valence-corrected chi connectivity index (χ0v) is 52.3. The number of carbonyl (C=O) groups excluding carboxylic acids is 2. The second-order valence-corrected chi connectivity index (χ2v) is 23.5. The van der Waals surface area contributed by atoms with Gasteiger partial charge in [-0.25, -0.2) is 14.4 Å². The fraction of sp³-hybridized carbons (Fsp3) is 0.678. The lowest BCUT2D eigenvalue weighted by Gasteiger charge is -2.37. The van der Waals surface area contributed by atoms with Crippen LogP contribution in [-0.4, -0.2) is 307 Å². The zero-order chi connectivity index (χ0) is 67.0. The van der Waals surface area contributed by atoms with Crippen LogP contribution in [-0.2, 0) is 49.6 Å². The molecule has 33 heteroatoms. The van der Waals surface area contributed by atoms with Gasteiger partial charge in [-0.3, -0.25) is 63.0 Å². The first-order valence-electron chi connectivity index (χ1n) is 31.6. The largest absolute Gasteiger partial charge is 0.481 e. The Hall–Kier alpha value is -8.11. The van der Waals surface area contributed by atoms with Gasteiger partial charge in [0.25, 0.3) is 0 Å². The average Bonchev–Trinajstić information content (AvgIpc) is 1.14. The predicted molar refractivity (Wildman–Crippen MR) is 333 cm³/mol. The van der Waals surface area contributed by atoms with E-state index in [1.165, 1.54) is 0 Å². The molecule has 3 aliphatic heterocycles. The summed E-state index contributed by atoms with van der Waals surface area (Å²) in [7, 11) is 0. The van der Waals surface area contributed by atoms with E-state index in [9.17, 15) is 83.7 Å². The average molecular weight is 1300 g/mol. The molecule has 4 heterocycles. The van der Waals surface area contributed by atoms with Crippen LogP contribution in [0.3, 0.4) is 0 Å². The fourth-order valence-corrected chi connectivity index (χ4v) is 11.3. The van der Waals surface area contributed by atoms with Crippen molar-refractivity contribution in [1.29, 1.82) is 0 Å². The summed E-state index contributed by atoms with van der Waals surface area (Å²) in [5.74, 6) is -8.14. The van der Waals surface area contributed by atoms with Crippen molar-refractivity contribution in [2.75, 3.05) is 159 Å². The summed E-state index contributed by atoms with van der Waals surface area (Å²) in [6, 6.07) is 3.03. The van der Waals surface area contributed by atoms with Gasteiger partial charge in [-0.05, 0) is 69.2 Å². The quantitative estimate of drug-likeness (QED) is 0.0400. The van der Waals surface area contributed by atoms with Gasteiger partial charge < -0.3 is 71.9 Å². The van der Waals surface area contributed by atoms with E-state index < -0.39 is 84.9 Å². The molecule has 0 spiro atoms.